The van der Waals surface area contributed by atoms with Gasteiger partial charge in [-0.2, -0.15) is 0 Å². The molecule has 2 aromatic rings. The Labute approximate surface area is 110 Å². The molecule has 5 heteroatoms. The number of carboxylic acid groups (broad SMARTS) is 1. The van der Waals surface area contributed by atoms with E-state index in [-0.39, 0.29) is 5.69 Å². The number of imidazole rings is 1. The molecular weight excluding hydrogens is 248 g/mol. The van der Waals surface area contributed by atoms with E-state index in [1.165, 1.54) is 5.56 Å². The number of aromatic nitrogens is 2. The molecule has 0 aliphatic rings. The second kappa shape index (κ2) is 5.18. The van der Waals surface area contributed by atoms with Crippen LogP contribution in [0.5, 0.6) is 0 Å². The summed E-state index contributed by atoms with van der Waals surface area (Å²) < 4.78 is 0.319. The lowest BCUT2D eigenvalue weighted by molar-refractivity contribution is 0.0692. The summed E-state index contributed by atoms with van der Waals surface area (Å²) in [5.41, 5.74) is 2.69. The molecule has 1 heterocycles. The first kappa shape index (κ1) is 12.6. The number of aromatic carboxylic acids is 1. The summed E-state index contributed by atoms with van der Waals surface area (Å²) in [7, 11) is 0. The first-order chi connectivity index (χ1) is 8.61. The SMILES string of the molecule is CCCc1ccc(-c2[nH]c(=S)[nH]c2C(=O)O)cc1. The molecule has 4 nitrogen and oxygen atoms in total. The molecule has 1 aromatic heterocycles. The molecule has 0 atom stereocenters. The maximum Gasteiger partial charge on any atom is 0.354 e. The van der Waals surface area contributed by atoms with Gasteiger partial charge >= 0.3 is 5.97 Å². The minimum atomic E-state index is -1.02. The fourth-order valence-electron chi connectivity index (χ4n) is 1.89. The van der Waals surface area contributed by atoms with Gasteiger partial charge in [-0.15, -0.1) is 0 Å². The van der Waals surface area contributed by atoms with Crippen molar-refractivity contribution in [3.8, 4) is 11.3 Å². The predicted octanol–water partition coefficient (Wildman–Crippen LogP) is 3.39. The third-order valence-electron chi connectivity index (χ3n) is 2.72. The summed E-state index contributed by atoms with van der Waals surface area (Å²) in [5.74, 6) is -1.02. The zero-order valence-corrected chi connectivity index (χ0v) is 10.8. The summed E-state index contributed by atoms with van der Waals surface area (Å²) >= 11 is 4.93. The van der Waals surface area contributed by atoms with Crippen molar-refractivity contribution >= 4 is 18.2 Å². The Kier molecular flexibility index (Phi) is 3.62. The largest absolute Gasteiger partial charge is 0.477 e. The van der Waals surface area contributed by atoms with Crippen LogP contribution in [0.1, 0.15) is 29.4 Å². The molecule has 0 unspecified atom stereocenters. The molecule has 0 saturated carbocycles. The van der Waals surface area contributed by atoms with E-state index in [2.05, 4.69) is 16.9 Å². The van der Waals surface area contributed by atoms with Gasteiger partial charge in [-0.1, -0.05) is 37.6 Å². The normalized spacial score (nSPS) is 10.5. The van der Waals surface area contributed by atoms with Crippen molar-refractivity contribution < 1.29 is 9.90 Å². The molecule has 0 saturated heterocycles. The van der Waals surface area contributed by atoms with E-state index < -0.39 is 5.97 Å². The van der Waals surface area contributed by atoms with Gasteiger partial charge in [0.15, 0.2) is 10.5 Å². The molecule has 3 N–H and O–H groups in total. The monoisotopic (exact) mass is 262 g/mol. The van der Waals surface area contributed by atoms with Crippen molar-refractivity contribution in [2.24, 2.45) is 0 Å². The summed E-state index contributed by atoms with van der Waals surface area (Å²) in [6.45, 7) is 2.12. The molecule has 0 fully saturated rings. The number of hydrogen-bond donors (Lipinski definition) is 3. The van der Waals surface area contributed by atoms with Crippen LogP contribution in [0.15, 0.2) is 24.3 Å². The van der Waals surface area contributed by atoms with Crippen LogP contribution in [0.25, 0.3) is 11.3 Å². The predicted molar refractivity (Wildman–Crippen MR) is 72.4 cm³/mol. The Bertz CT molecular complexity index is 611. The zero-order valence-electron chi connectivity index (χ0n) is 9.99. The Morgan fingerprint density at radius 3 is 2.50 bits per heavy atom. The smallest absolute Gasteiger partial charge is 0.354 e. The van der Waals surface area contributed by atoms with Gasteiger partial charge in [-0.25, -0.2) is 4.79 Å². The van der Waals surface area contributed by atoms with E-state index in [4.69, 9.17) is 17.3 Å². The molecule has 0 amide bonds. The summed E-state index contributed by atoms with van der Waals surface area (Å²) in [5, 5.41) is 9.08. The third-order valence-corrected chi connectivity index (χ3v) is 2.93. The first-order valence-corrected chi connectivity index (χ1v) is 6.17. The lowest BCUT2D eigenvalue weighted by atomic mass is 10.1. The maximum atomic E-state index is 11.1. The van der Waals surface area contributed by atoms with E-state index in [1.54, 1.807) is 0 Å². The number of carboxylic acids is 1. The average Bonchev–Trinajstić information content (AvgIpc) is 2.73. The second-order valence-electron chi connectivity index (χ2n) is 4.08. The standard InChI is InChI=1S/C13H14N2O2S/c1-2-3-8-4-6-9(7-5-8)10-11(12(16)17)15-13(18)14-10/h4-7H,2-3H2,1H3,(H,16,17)(H2,14,15,18). The van der Waals surface area contributed by atoms with Crippen molar-refractivity contribution in [1.82, 2.24) is 9.97 Å². The van der Waals surface area contributed by atoms with Gasteiger partial charge in [0.1, 0.15) is 0 Å². The molecule has 18 heavy (non-hydrogen) atoms. The number of aryl methyl sites for hydroxylation is 1. The lowest BCUT2D eigenvalue weighted by Crippen LogP contribution is -1.99. The second-order valence-corrected chi connectivity index (χ2v) is 4.49. The Balaban J connectivity index is 2.42. The highest BCUT2D eigenvalue weighted by atomic mass is 32.1. The maximum absolute atomic E-state index is 11.1. The Hall–Kier alpha value is -1.88. The minimum Gasteiger partial charge on any atom is -0.477 e. The number of benzene rings is 1. The van der Waals surface area contributed by atoms with Crippen molar-refractivity contribution in [3.05, 3.63) is 40.3 Å². The molecule has 1 aromatic carbocycles. The fraction of sp³-hybridized carbons (Fsp3) is 0.231. The highest BCUT2D eigenvalue weighted by Gasteiger charge is 2.14. The van der Waals surface area contributed by atoms with Crippen LogP contribution in [0.3, 0.4) is 0 Å². The number of H-pyrrole nitrogens is 2. The first-order valence-electron chi connectivity index (χ1n) is 5.76. The van der Waals surface area contributed by atoms with E-state index in [1.807, 2.05) is 24.3 Å². The molecule has 94 valence electrons. The number of aromatic amines is 2. The highest BCUT2D eigenvalue weighted by molar-refractivity contribution is 7.71. The average molecular weight is 262 g/mol. The van der Waals surface area contributed by atoms with E-state index in [0.29, 0.717) is 10.5 Å². The summed E-state index contributed by atoms with van der Waals surface area (Å²) in [6, 6.07) is 7.83. The Morgan fingerprint density at radius 2 is 1.94 bits per heavy atom. The summed E-state index contributed by atoms with van der Waals surface area (Å²) in [6.07, 6.45) is 2.11. The van der Waals surface area contributed by atoms with Crippen LogP contribution in [-0.2, 0) is 6.42 Å². The van der Waals surface area contributed by atoms with Crippen LogP contribution < -0.4 is 0 Å². The molecule has 0 spiro atoms. The van der Waals surface area contributed by atoms with Crippen LogP contribution in [0.2, 0.25) is 0 Å². The molecule has 0 aliphatic heterocycles. The van der Waals surface area contributed by atoms with Gasteiger partial charge in [-0.3, -0.25) is 0 Å². The Morgan fingerprint density at radius 1 is 1.28 bits per heavy atom. The van der Waals surface area contributed by atoms with Crippen molar-refractivity contribution in [1.29, 1.82) is 0 Å². The van der Waals surface area contributed by atoms with Crippen LogP contribution in [-0.4, -0.2) is 21.0 Å². The van der Waals surface area contributed by atoms with Gasteiger partial charge in [0.05, 0.1) is 5.69 Å². The van der Waals surface area contributed by atoms with Crippen molar-refractivity contribution in [2.45, 2.75) is 19.8 Å². The van der Waals surface area contributed by atoms with Crippen molar-refractivity contribution in [3.63, 3.8) is 0 Å². The number of carbonyl (C=O) groups is 1. The number of hydrogen-bond acceptors (Lipinski definition) is 2. The van der Waals surface area contributed by atoms with Gasteiger partial charge in [-0.05, 0) is 24.2 Å². The minimum absolute atomic E-state index is 0.100. The van der Waals surface area contributed by atoms with E-state index in [0.717, 1.165) is 18.4 Å². The molecule has 2 rings (SSSR count). The summed E-state index contributed by atoms with van der Waals surface area (Å²) in [4.78, 5) is 16.6. The third kappa shape index (κ3) is 2.51. The van der Waals surface area contributed by atoms with Gasteiger partial charge in [0.25, 0.3) is 0 Å². The van der Waals surface area contributed by atoms with Crippen molar-refractivity contribution in [2.75, 3.05) is 0 Å². The van der Waals surface area contributed by atoms with Gasteiger partial charge in [0, 0.05) is 5.56 Å². The zero-order chi connectivity index (χ0) is 13.1. The molecule has 0 aliphatic carbocycles. The molecule has 0 bridgehead atoms. The number of nitrogens with one attached hydrogen (secondary N) is 2. The van der Waals surface area contributed by atoms with Gasteiger partial charge < -0.3 is 15.1 Å². The lowest BCUT2D eigenvalue weighted by Gasteiger charge is -2.02. The van der Waals surface area contributed by atoms with Crippen LogP contribution >= 0.6 is 12.2 Å². The molecule has 0 radical (unpaired) electrons. The quantitative estimate of drug-likeness (QED) is 0.740. The van der Waals surface area contributed by atoms with E-state index >= 15 is 0 Å². The highest BCUT2D eigenvalue weighted by Crippen LogP contribution is 2.21. The fourth-order valence-corrected chi connectivity index (χ4v) is 2.09. The van der Waals surface area contributed by atoms with Gasteiger partial charge in [0.2, 0.25) is 0 Å². The van der Waals surface area contributed by atoms with Crippen LogP contribution in [0.4, 0.5) is 0 Å². The molecular formula is C13H14N2O2S. The van der Waals surface area contributed by atoms with Crippen LogP contribution in [0, 0.1) is 4.77 Å². The number of rotatable bonds is 4. The topological polar surface area (TPSA) is 68.9 Å². The van der Waals surface area contributed by atoms with E-state index in [9.17, 15) is 4.79 Å².